The van der Waals surface area contributed by atoms with Crippen LogP contribution in [0.15, 0.2) is 47.3 Å². The van der Waals surface area contributed by atoms with E-state index in [1.165, 1.54) is 0 Å². The maximum absolute atomic E-state index is 12.9. The van der Waals surface area contributed by atoms with Gasteiger partial charge in [-0.1, -0.05) is 35.3 Å². The molecule has 3 aromatic rings. The highest BCUT2D eigenvalue weighted by Crippen LogP contribution is 2.33. The average molecular weight is 332 g/mol. The highest BCUT2D eigenvalue weighted by molar-refractivity contribution is 6.34. The molecule has 0 atom stereocenters. The lowest BCUT2D eigenvalue weighted by Crippen LogP contribution is -2.21. The van der Waals surface area contributed by atoms with E-state index in [0.29, 0.717) is 40.1 Å². The Balaban J connectivity index is 2.16. The SMILES string of the molecule is O=c1c2c(c3ccccc3n1-c1cc(Cl)cc(Cl)c1)OCC2. The Hall–Kier alpha value is -1.97. The Morgan fingerprint density at radius 1 is 1.05 bits per heavy atom. The van der Waals surface area contributed by atoms with E-state index in [0.717, 1.165) is 10.9 Å². The molecule has 22 heavy (non-hydrogen) atoms. The summed E-state index contributed by atoms with van der Waals surface area (Å²) in [6, 6.07) is 12.8. The highest BCUT2D eigenvalue weighted by atomic mass is 35.5. The Morgan fingerprint density at radius 3 is 2.55 bits per heavy atom. The maximum Gasteiger partial charge on any atom is 0.262 e. The number of benzene rings is 2. The van der Waals surface area contributed by atoms with Gasteiger partial charge in [0, 0.05) is 21.9 Å². The summed E-state index contributed by atoms with van der Waals surface area (Å²) in [5, 5.41) is 1.91. The third-order valence-electron chi connectivity index (χ3n) is 3.83. The normalized spacial score (nSPS) is 13.2. The van der Waals surface area contributed by atoms with Crippen LogP contribution in [-0.2, 0) is 6.42 Å². The summed E-state index contributed by atoms with van der Waals surface area (Å²) in [5.74, 6) is 0.699. The molecule has 1 aromatic heterocycles. The molecule has 110 valence electrons. The summed E-state index contributed by atoms with van der Waals surface area (Å²) >= 11 is 12.2. The molecule has 2 aromatic carbocycles. The number of aromatic nitrogens is 1. The fraction of sp³-hybridized carbons (Fsp3) is 0.118. The van der Waals surface area contributed by atoms with Crippen molar-refractivity contribution in [2.75, 3.05) is 6.61 Å². The Morgan fingerprint density at radius 2 is 1.77 bits per heavy atom. The van der Waals surface area contributed by atoms with Gasteiger partial charge in [-0.3, -0.25) is 9.36 Å². The topological polar surface area (TPSA) is 31.2 Å². The van der Waals surface area contributed by atoms with Crippen LogP contribution in [0.4, 0.5) is 0 Å². The van der Waals surface area contributed by atoms with E-state index in [-0.39, 0.29) is 5.56 Å². The van der Waals surface area contributed by atoms with Gasteiger partial charge >= 0.3 is 0 Å². The lowest BCUT2D eigenvalue weighted by molar-refractivity contribution is 0.360. The van der Waals surface area contributed by atoms with Crippen LogP contribution in [0.3, 0.4) is 0 Å². The number of para-hydroxylation sites is 1. The van der Waals surface area contributed by atoms with Crippen molar-refractivity contribution < 1.29 is 4.74 Å². The van der Waals surface area contributed by atoms with E-state index >= 15 is 0 Å². The monoisotopic (exact) mass is 331 g/mol. The van der Waals surface area contributed by atoms with Crippen molar-refractivity contribution in [2.45, 2.75) is 6.42 Å². The first-order valence-corrected chi connectivity index (χ1v) is 7.66. The van der Waals surface area contributed by atoms with Crippen molar-refractivity contribution >= 4 is 34.1 Å². The van der Waals surface area contributed by atoms with Crippen LogP contribution in [-0.4, -0.2) is 11.2 Å². The van der Waals surface area contributed by atoms with Crippen LogP contribution in [0.1, 0.15) is 5.56 Å². The van der Waals surface area contributed by atoms with Gasteiger partial charge in [-0.2, -0.15) is 0 Å². The fourth-order valence-electron chi connectivity index (χ4n) is 2.93. The van der Waals surface area contributed by atoms with E-state index in [1.807, 2.05) is 24.3 Å². The predicted octanol–water partition coefficient (Wildman–Crippen LogP) is 4.23. The summed E-state index contributed by atoms with van der Waals surface area (Å²) < 4.78 is 7.32. The third kappa shape index (κ3) is 2.01. The zero-order valence-corrected chi connectivity index (χ0v) is 13.0. The van der Waals surface area contributed by atoms with Crippen molar-refractivity contribution in [3.05, 3.63) is 68.4 Å². The largest absolute Gasteiger partial charge is 0.492 e. The number of fused-ring (bicyclic) bond motifs is 3. The van der Waals surface area contributed by atoms with E-state index in [1.54, 1.807) is 22.8 Å². The minimum atomic E-state index is -0.0791. The van der Waals surface area contributed by atoms with Crippen LogP contribution in [0.5, 0.6) is 5.75 Å². The molecule has 0 radical (unpaired) electrons. The van der Waals surface area contributed by atoms with E-state index in [9.17, 15) is 4.79 Å². The molecule has 1 aliphatic rings. The molecule has 3 nitrogen and oxygen atoms in total. The summed E-state index contributed by atoms with van der Waals surface area (Å²) in [4.78, 5) is 12.9. The third-order valence-corrected chi connectivity index (χ3v) is 4.27. The van der Waals surface area contributed by atoms with Gasteiger partial charge in [-0.25, -0.2) is 0 Å². The van der Waals surface area contributed by atoms with Crippen molar-refractivity contribution in [1.29, 1.82) is 0 Å². The molecule has 1 aliphatic heterocycles. The number of hydrogen-bond donors (Lipinski definition) is 0. The summed E-state index contributed by atoms with van der Waals surface area (Å²) in [6.07, 6.45) is 0.618. The molecule has 0 unspecified atom stereocenters. The lowest BCUT2D eigenvalue weighted by Gasteiger charge is -2.14. The minimum Gasteiger partial charge on any atom is -0.492 e. The van der Waals surface area contributed by atoms with E-state index in [2.05, 4.69) is 0 Å². The first kappa shape index (κ1) is 13.7. The number of pyridine rings is 1. The van der Waals surface area contributed by atoms with Gasteiger partial charge in [0.1, 0.15) is 5.75 Å². The summed E-state index contributed by atoms with van der Waals surface area (Å²) in [7, 11) is 0. The number of ether oxygens (including phenoxy) is 1. The van der Waals surface area contributed by atoms with Crippen LogP contribution in [0, 0.1) is 0 Å². The first-order valence-electron chi connectivity index (χ1n) is 6.91. The van der Waals surface area contributed by atoms with Gasteiger partial charge < -0.3 is 4.74 Å². The molecule has 0 saturated heterocycles. The van der Waals surface area contributed by atoms with Gasteiger partial charge in [0.15, 0.2) is 0 Å². The van der Waals surface area contributed by atoms with Crippen LogP contribution >= 0.6 is 23.2 Å². The molecule has 0 spiro atoms. The van der Waals surface area contributed by atoms with Crippen LogP contribution < -0.4 is 10.3 Å². The number of halogens is 2. The predicted molar refractivity (Wildman–Crippen MR) is 88.8 cm³/mol. The van der Waals surface area contributed by atoms with Gasteiger partial charge in [-0.05, 0) is 30.3 Å². The number of hydrogen-bond acceptors (Lipinski definition) is 2. The Bertz CT molecular complexity index is 943. The molecule has 0 amide bonds. The van der Waals surface area contributed by atoms with E-state index in [4.69, 9.17) is 27.9 Å². The van der Waals surface area contributed by atoms with Crippen molar-refractivity contribution in [1.82, 2.24) is 4.57 Å². The van der Waals surface area contributed by atoms with Crippen molar-refractivity contribution in [3.63, 3.8) is 0 Å². The molecule has 5 heteroatoms. The molecule has 0 saturated carbocycles. The van der Waals surface area contributed by atoms with Crippen molar-refractivity contribution in [3.8, 4) is 11.4 Å². The lowest BCUT2D eigenvalue weighted by atomic mass is 10.1. The van der Waals surface area contributed by atoms with Crippen LogP contribution in [0.2, 0.25) is 10.0 Å². The smallest absolute Gasteiger partial charge is 0.262 e. The minimum absolute atomic E-state index is 0.0791. The summed E-state index contributed by atoms with van der Waals surface area (Å²) in [5.41, 5.74) is 2.07. The molecular formula is C17H11Cl2NO2. The van der Waals surface area contributed by atoms with Gasteiger partial charge in [0.05, 0.1) is 23.4 Å². The first-order chi connectivity index (χ1) is 10.6. The Kier molecular flexibility index (Phi) is 3.13. The second kappa shape index (κ2) is 5.04. The second-order valence-electron chi connectivity index (χ2n) is 5.19. The summed E-state index contributed by atoms with van der Waals surface area (Å²) in [6.45, 7) is 0.537. The molecule has 4 rings (SSSR count). The van der Waals surface area contributed by atoms with E-state index < -0.39 is 0 Å². The van der Waals surface area contributed by atoms with Crippen molar-refractivity contribution in [2.24, 2.45) is 0 Å². The second-order valence-corrected chi connectivity index (χ2v) is 6.06. The molecule has 0 bridgehead atoms. The maximum atomic E-state index is 12.9. The number of nitrogens with zero attached hydrogens (tertiary/aromatic N) is 1. The molecular weight excluding hydrogens is 321 g/mol. The molecule has 0 fully saturated rings. The van der Waals surface area contributed by atoms with Gasteiger partial charge in [-0.15, -0.1) is 0 Å². The standard InChI is InChI=1S/C17H11Cl2NO2/c18-10-7-11(19)9-12(8-10)20-15-4-2-1-3-13(15)16-14(17(20)21)5-6-22-16/h1-4,7-9H,5-6H2. The average Bonchev–Trinajstić information content (AvgIpc) is 2.96. The van der Waals surface area contributed by atoms with Gasteiger partial charge in [0.2, 0.25) is 0 Å². The molecule has 0 aliphatic carbocycles. The molecule has 2 heterocycles. The number of rotatable bonds is 1. The zero-order valence-electron chi connectivity index (χ0n) is 11.5. The van der Waals surface area contributed by atoms with Gasteiger partial charge in [0.25, 0.3) is 5.56 Å². The highest BCUT2D eigenvalue weighted by Gasteiger charge is 2.23. The molecule has 0 N–H and O–H groups in total. The Labute approximate surface area is 136 Å². The quantitative estimate of drug-likeness (QED) is 0.668. The zero-order chi connectivity index (χ0) is 15.3. The van der Waals surface area contributed by atoms with Crippen LogP contribution in [0.25, 0.3) is 16.6 Å². The fourth-order valence-corrected chi connectivity index (χ4v) is 3.44.